The molecule has 0 heterocycles. The van der Waals surface area contributed by atoms with Gasteiger partial charge in [-0.05, 0) is 41.2 Å². The van der Waals surface area contributed by atoms with Crippen LogP contribution in [-0.4, -0.2) is 31.5 Å². The molecule has 0 saturated carbocycles. The van der Waals surface area contributed by atoms with Crippen LogP contribution in [0.5, 0.6) is 11.5 Å². The highest BCUT2D eigenvalue weighted by Gasteiger charge is 2.11. The molecule has 0 amide bonds. The zero-order chi connectivity index (χ0) is 12.7. The summed E-state index contributed by atoms with van der Waals surface area (Å²) in [6, 6.07) is 3.42. The Labute approximate surface area is 114 Å². The summed E-state index contributed by atoms with van der Waals surface area (Å²) in [4.78, 5) is 10.8. The van der Waals surface area contributed by atoms with Crippen molar-refractivity contribution in [3.63, 3.8) is 0 Å². The zero-order valence-corrected chi connectivity index (χ0v) is 12.3. The third kappa shape index (κ3) is 4.24. The highest BCUT2D eigenvalue weighted by atomic mass is 79.9. The standard InChI is InChI=1S/C12H15BrO3S/c1-3-15-11-7-9(8-14)6-10(13)12(11)16-4-5-17-2/h6-8H,3-5H2,1-2H3. The molecule has 0 atom stereocenters. The Balaban J connectivity index is 2.94. The molecule has 1 rings (SSSR count). The summed E-state index contributed by atoms with van der Waals surface area (Å²) < 4.78 is 11.9. The van der Waals surface area contributed by atoms with Crippen LogP contribution in [0.2, 0.25) is 0 Å². The van der Waals surface area contributed by atoms with Crippen LogP contribution < -0.4 is 9.47 Å². The molecule has 0 aromatic heterocycles. The van der Waals surface area contributed by atoms with Crippen LogP contribution >= 0.6 is 27.7 Å². The Kier molecular flexibility index (Phi) is 6.44. The molecular formula is C12H15BrO3S. The quantitative estimate of drug-likeness (QED) is 0.570. The van der Waals surface area contributed by atoms with E-state index in [1.165, 1.54) is 0 Å². The van der Waals surface area contributed by atoms with Crippen LogP contribution in [0.4, 0.5) is 0 Å². The first-order valence-electron chi connectivity index (χ1n) is 5.26. The molecule has 0 aliphatic carbocycles. The number of ether oxygens (including phenoxy) is 2. The fraction of sp³-hybridized carbons (Fsp3) is 0.417. The second-order valence-electron chi connectivity index (χ2n) is 3.22. The first-order chi connectivity index (χ1) is 8.22. The number of hydrogen-bond donors (Lipinski definition) is 0. The number of rotatable bonds is 7. The second-order valence-corrected chi connectivity index (χ2v) is 5.06. The van der Waals surface area contributed by atoms with Crippen molar-refractivity contribution in [2.75, 3.05) is 25.2 Å². The molecule has 0 bridgehead atoms. The van der Waals surface area contributed by atoms with Gasteiger partial charge in [-0.25, -0.2) is 0 Å². The summed E-state index contributed by atoms with van der Waals surface area (Å²) in [6.07, 6.45) is 2.82. The van der Waals surface area contributed by atoms with Crippen molar-refractivity contribution in [2.45, 2.75) is 6.92 Å². The summed E-state index contributed by atoms with van der Waals surface area (Å²) in [5, 5.41) is 0. The van der Waals surface area contributed by atoms with E-state index in [1.807, 2.05) is 13.2 Å². The van der Waals surface area contributed by atoms with Crippen molar-refractivity contribution < 1.29 is 14.3 Å². The number of aldehydes is 1. The zero-order valence-electron chi connectivity index (χ0n) is 9.86. The van der Waals surface area contributed by atoms with E-state index in [1.54, 1.807) is 23.9 Å². The smallest absolute Gasteiger partial charge is 0.175 e. The van der Waals surface area contributed by atoms with Crippen molar-refractivity contribution in [2.24, 2.45) is 0 Å². The molecule has 0 aliphatic rings. The third-order valence-electron chi connectivity index (χ3n) is 2.00. The number of carbonyl (C=O) groups is 1. The van der Waals surface area contributed by atoms with Gasteiger partial charge >= 0.3 is 0 Å². The van der Waals surface area contributed by atoms with Crippen LogP contribution in [-0.2, 0) is 0 Å². The molecule has 0 unspecified atom stereocenters. The van der Waals surface area contributed by atoms with Crippen LogP contribution in [0.1, 0.15) is 17.3 Å². The van der Waals surface area contributed by atoms with Crippen molar-refractivity contribution >= 4 is 34.0 Å². The van der Waals surface area contributed by atoms with Gasteiger partial charge < -0.3 is 9.47 Å². The van der Waals surface area contributed by atoms with Gasteiger partial charge in [-0.15, -0.1) is 0 Å². The van der Waals surface area contributed by atoms with Crippen LogP contribution in [0.25, 0.3) is 0 Å². The van der Waals surface area contributed by atoms with Crippen molar-refractivity contribution in [3.8, 4) is 11.5 Å². The van der Waals surface area contributed by atoms with E-state index < -0.39 is 0 Å². The van der Waals surface area contributed by atoms with E-state index in [2.05, 4.69) is 15.9 Å². The molecule has 0 fully saturated rings. The highest BCUT2D eigenvalue weighted by Crippen LogP contribution is 2.36. The number of carbonyl (C=O) groups excluding carboxylic acids is 1. The molecule has 0 radical (unpaired) electrons. The van der Waals surface area contributed by atoms with Gasteiger partial charge in [0.1, 0.15) is 6.29 Å². The predicted molar refractivity (Wildman–Crippen MR) is 74.6 cm³/mol. The molecule has 94 valence electrons. The lowest BCUT2D eigenvalue weighted by Gasteiger charge is -2.13. The molecule has 0 N–H and O–H groups in total. The maximum absolute atomic E-state index is 10.8. The van der Waals surface area contributed by atoms with Crippen LogP contribution in [0.15, 0.2) is 16.6 Å². The first-order valence-corrected chi connectivity index (χ1v) is 7.44. The molecule has 0 aliphatic heterocycles. The van der Waals surface area contributed by atoms with Crippen molar-refractivity contribution in [1.82, 2.24) is 0 Å². The van der Waals surface area contributed by atoms with Gasteiger partial charge in [0.25, 0.3) is 0 Å². The van der Waals surface area contributed by atoms with Gasteiger partial charge in [-0.1, -0.05) is 0 Å². The largest absolute Gasteiger partial charge is 0.490 e. The Morgan fingerprint density at radius 1 is 1.41 bits per heavy atom. The lowest BCUT2D eigenvalue weighted by Crippen LogP contribution is -2.04. The molecule has 0 saturated heterocycles. The van der Waals surface area contributed by atoms with E-state index in [0.717, 1.165) is 16.5 Å². The minimum Gasteiger partial charge on any atom is -0.490 e. The van der Waals surface area contributed by atoms with Crippen molar-refractivity contribution in [1.29, 1.82) is 0 Å². The maximum Gasteiger partial charge on any atom is 0.175 e. The number of thioether (sulfide) groups is 1. The fourth-order valence-corrected chi connectivity index (χ4v) is 2.11. The molecule has 17 heavy (non-hydrogen) atoms. The van der Waals surface area contributed by atoms with E-state index in [0.29, 0.717) is 30.3 Å². The SMILES string of the molecule is CCOc1cc(C=O)cc(Br)c1OCCSC. The van der Waals surface area contributed by atoms with Gasteiger partial charge in [0.2, 0.25) is 0 Å². The monoisotopic (exact) mass is 318 g/mol. The lowest BCUT2D eigenvalue weighted by atomic mass is 10.2. The average molecular weight is 319 g/mol. The number of halogens is 1. The maximum atomic E-state index is 10.8. The fourth-order valence-electron chi connectivity index (χ4n) is 1.29. The molecule has 1 aromatic rings. The molecule has 1 aromatic carbocycles. The second kappa shape index (κ2) is 7.61. The Morgan fingerprint density at radius 3 is 2.76 bits per heavy atom. The van der Waals surface area contributed by atoms with Gasteiger partial charge in [0.15, 0.2) is 11.5 Å². The molecular weight excluding hydrogens is 304 g/mol. The molecule has 0 spiro atoms. The average Bonchev–Trinajstić information content (AvgIpc) is 2.32. The molecule has 3 nitrogen and oxygen atoms in total. The van der Waals surface area contributed by atoms with Gasteiger partial charge in [0, 0.05) is 11.3 Å². The summed E-state index contributed by atoms with van der Waals surface area (Å²) in [7, 11) is 0. The van der Waals surface area contributed by atoms with E-state index in [-0.39, 0.29) is 0 Å². The Bertz CT molecular complexity index is 382. The Morgan fingerprint density at radius 2 is 2.18 bits per heavy atom. The minimum atomic E-state index is 0.535. The van der Waals surface area contributed by atoms with Crippen LogP contribution in [0, 0.1) is 0 Å². The third-order valence-corrected chi connectivity index (χ3v) is 3.17. The van der Waals surface area contributed by atoms with Crippen molar-refractivity contribution in [3.05, 3.63) is 22.2 Å². The summed E-state index contributed by atoms with van der Waals surface area (Å²) >= 11 is 5.11. The minimum absolute atomic E-state index is 0.535. The topological polar surface area (TPSA) is 35.5 Å². The van der Waals surface area contributed by atoms with E-state index >= 15 is 0 Å². The van der Waals surface area contributed by atoms with Gasteiger partial charge in [-0.2, -0.15) is 11.8 Å². The molecule has 5 heteroatoms. The van der Waals surface area contributed by atoms with E-state index in [9.17, 15) is 4.79 Å². The lowest BCUT2D eigenvalue weighted by molar-refractivity contribution is 0.112. The summed E-state index contributed by atoms with van der Waals surface area (Å²) in [5.74, 6) is 2.17. The van der Waals surface area contributed by atoms with E-state index in [4.69, 9.17) is 9.47 Å². The van der Waals surface area contributed by atoms with Gasteiger partial charge in [0.05, 0.1) is 17.7 Å². The summed E-state index contributed by atoms with van der Waals surface area (Å²) in [6.45, 7) is 3.04. The number of benzene rings is 1. The highest BCUT2D eigenvalue weighted by molar-refractivity contribution is 9.10. The summed E-state index contributed by atoms with van der Waals surface area (Å²) in [5.41, 5.74) is 0.567. The normalized spacial score (nSPS) is 10.1. The first kappa shape index (κ1) is 14.4. The predicted octanol–water partition coefficient (Wildman–Crippen LogP) is 3.40. The Hall–Kier alpha value is -0.680. The number of hydrogen-bond acceptors (Lipinski definition) is 4. The van der Waals surface area contributed by atoms with Gasteiger partial charge in [-0.3, -0.25) is 4.79 Å². The van der Waals surface area contributed by atoms with Crippen LogP contribution in [0.3, 0.4) is 0 Å².